The van der Waals surface area contributed by atoms with Crippen LogP contribution in [0.5, 0.6) is 5.75 Å². The summed E-state index contributed by atoms with van der Waals surface area (Å²) in [6.07, 6.45) is 0. The average molecular weight is 439 g/mol. The molecule has 1 amide bonds. The van der Waals surface area contributed by atoms with Gasteiger partial charge in [-0.1, -0.05) is 53.4 Å². The molecule has 152 valence electrons. The number of rotatable bonds is 7. The third-order valence-corrected chi connectivity index (χ3v) is 5.97. The quantitative estimate of drug-likeness (QED) is 0.438. The first-order valence-corrected chi connectivity index (χ1v) is 10.8. The fourth-order valence-corrected chi connectivity index (χ4v) is 4.28. The van der Waals surface area contributed by atoms with E-state index < -0.39 is 0 Å². The van der Waals surface area contributed by atoms with Crippen LogP contribution in [-0.4, -0.2) is 43.7 Å². The molecule has 0 atom stereocenters. The van der Waals surface area contributed by atoms with E-state index in [-0.39, 0.29) is 11.7 Å². The van der Waals surface area contributed by atoms with Gasteiger partial charge in [0.2, 0.25) is 11.0 Å². The van der Waals surface area contributed by atoms with Crippen LogP contribution in [0.3, 0.4) is 0 Å². The number of carbonyl (C=O) groups excluding carboxylic acids is 1. The normalized spacial score (nSPS) is 10.7. The second-order valence-corrected chi connectivity index (χ2v) is 8.10. The number of methoxy groups -OCH3 is 1. The van der Waals surface area contributed by atoms with Gasteiger partial charge in [0.15, 0.2) is 5.16 Å². The molecule has 0 aliphatic heterocycles. The van der Waals surface area contributed by atoms with Crippen LogP contribution in [-0.2, 0) is 4.79 Å². The molecule has 1 N–H and O–H groups in total. The zero-order valence-electron chi connectivity index (χ0n) is 16.3. The molecule has 2 heterocycles. The third kappa shape index (κ3) is 4.50. The number of thioether (sulfide) groups is 1. The molecule has 2 aromatic carbocycles. The van der Waals surface area contributed by atoms with Crippen LogP contribution >= 0.6 is 23.1 Å². The van der Waals surface area contributed by atoms with Crippen molar-refractivity contribution in [1.82, 2.24) is 25.0 Å². The van der Waals surface area contributed by atoms with Crippen molar-refractivity contribution in [3.63, 3.8) is 0 Å². The van der Waals surface area contributed by atoms with E-state index in [1.165, 1.54) is 23.1 Å². The molecule has 2 aromatic heterocycles. The fraction of sp³-hybridized carbons (Fsp3) is 0.150. The van der Waals surface area contributed by atoms with E-state index in [9.17, 15) is 4.79 Å². The topological polar surface area (TPSA) is 94.8 Å². The first-order chi connectivity index (χ1) is 14.6. The molecule has 0 saturated heterocycles. The molecule has 0 aliphatic rings. The number of nitrogens with one attached hydrogen (secondary N) is 1. The van der Waals surface area contributed by atoms with Gasteiger partial charge < -0.3 is 4.74 Å². The minimum atomic E-state index is -0.183. The Balaban J connectivity index is 1.40. The predicted molar refractivity (Wildman–Crippen MR) is 117 cm³/mol. The molecule has 10 heteroatoms. The molecule has 30 heavy (non-hydrogen) atoms. The van der Waals surface area contributed by atoms with Gasteiger partial charge in [-0.3, -0.25) is 14.7 Å². The first-order valence-electron chi connectivity index (χ1n) is 9.02. The van der Waals surface area contributed by atoms with Crippen molar-refractivity contribution in [2.45, 2.75) is 12.1 Å². The van der Waals surface area contributed by atoms with Crippen molar-refractivity contribution in [3.8, 4) is 22.0 Å². The predicted octanol–water partition coefficient (Wildman–Crippen LogP) is 3.83. The Morgan fingerprint density at radius 2 is 1.83 bits per heavy atom. The number of nitrogens with zero attached hydrogens (tertiary/aromatic N) is 5. The molecule has 0 spiro atoms. The van der Waals surface area contributed by atoms with Gasteiger partial charge in [0.05, 0.1) is 12.9 Å². The summed E-state index contributed by atoms with van der Waals surface area (Å²) in [6, 6.07) is 17.3. The van der Waals surface area contributed by atoms with Gasteiger partial charge in [-0.15, -0.1) is 20.4 Å². The molecule has 0 bridgehead atoms. The summed E-state index contributed by atoms with van der Waals surface area (Å²) in [7, 11) is 1.62. The molecule has 0 saturated carbocycles. The summed E-state index contributed by atoms with van der Waals surface area (Å²) in [5, 5.41) is 21.2. The minimum Gasteiger partial charge on any atom is -0.497 e. The van der Waals surface area contributed by atoms with E-state index in [2.05, 4.69) is 25.7 Å². The molecule has 4 aromatic rings. The van der Waals surface area contributed by atoms with E-state index in [4.69, 9.17) is 4.74 Å². The van der Waals surface area contributed by atoms with E-state index >= 15 is 0 Å². The number of ether oxygens (including phenoxy) is 1. The second kappa shape index (κ2) is 9.06. The molecule has 4 rings (SSSR count). The van der Waals surface area contributed by atoms with Gasteiger partial charge in [-0.2, -0.15) is 0 Å². The molecule has 0 radical (unpaired) electrons. The number of aromatic nitrogens is 5. The summed E-state index contributed by atoms with van der Waals surface area (Å²) in [5.74, 6) is 1.50. The minimum absolute atomic E-state index is 0.175. The third-order valence-electron chi connectivity index (χ3n) is 4.15. The van der Waals surface area contributed by atoms with Crippen molar-refractivity contribution >= 4 is 34.1 Å². The van der Waals surface area contributed by atoms with E-state index in [0.717, 1.165) is 27.8 Å². The summed E-state index contributed by atoms with van der Waals surface area (Å²) < 4.78 is 7.10. The van der Waals surface area contributed by atoms with Crippen molar-refractivity contribution in [1.29, 1.82) is 0 Å². The summed E-state index contributed by atoms with van der Waals surface area (Å²) >= 11 is 2.64. The Morgan fingerprint density at radius 1 is 1.07 bits per heavy atom. The lowest BCUT2D eigenvalue weighted by Gasteiger charge is -2.09. The number of anilines is 1. The molecule has 0 aliphatic carbocycles. The van der Waals surface area contributed by atoms with E-state index in [1.807, 2.05) is 66.1 Å². The Morgan fingerprint density at radius 3 is 2.57 bits per heavy atom. The highest BCUT2D eigenvalue weighted by Crippen LogP contribution is 2.27. The van der Waals surface area contributed by atoms with Crippen LogP contribution in [0.15, 0.2) is 59.8 Å². The summed E-state index contributed by atoms with van der Waals surface area (Å²) in [5.41, 5.74) is 1.87. The number of amides is 1. The molecular weight excluding hydrogens is 420 g/mol. The highest BCUT2D eigenvalue weighted by molar-refractivity contribution is 7.99. The van der Waals surface area contributed by atoms with Gasteiger partial charge >= 0.3 is 0 Å². The van der Waals surface area contributed by atoms with Gasteiger partial charge in [0.25, 0.3) is 0 Å². The zero-order valence-corrected chi connectivity index (χ0v) is 17.9. The molecule has 8 nitrogen and oxygen atoms in total. The largest absolute Gasteiger partial charge is 0.497 e. The summed E-state index contributed by atoms with van der Waals surface area (Å²) in [6.45, 7) is 1.87. The van der Waals surface area contributed by atoms with Crippen LogP contribution in [0.4, 0.5) is 5.13 Å². The maximum absolute atomic E-state index is 12.4. The Kier molecular flexibility index (Phi) is 6.05. The van der Waals surface area contributed by atoms with Crippen molar-refractivity contribution in [3.05, 3.63) is 60.4 Å². The zero-order chi connectivity index (χ0) is 20.9. The number of carbonyl (C=O) groups is 1. The molecule has 0 unspecified atom stereocenters. The first kappa shape index (κ1) is 20.0. The van der Waals surface area contributed by atoms with Crippen LogP contribution in [0.1, 0.15) is 5.82 Å². The van der Waals surface area contributed by atoms with Gasteiger partial charge in [0.1, 0.15) is 16.6 Å². The van der Waals surface area contributed by atoms with Gasteiger partial charge in [-0.05, 0) is 31.2 Å². The van der Waals surface area contributed by atoms with Crippen molar-refractivity contribution in [2.24, 2.45) is 0 Å². The van der Waals surface area contributed by atoms with E-state index in [1.54, 1.807) is 7.11 Å². The van der Waals surface area contributed by atoms with Gasteiger partial charge in [0, 0.05) is 11.3 Å². The average Bonchev–Trinajstić information content (AvgIpc) is 3.39. The highest BCUT2D eigenvalue weighted by atomic mass is 32.2. The highest BCUT2D eigenvalue weighted by Gasteiger charge is 2.15. The number of benzene rings is 2. The Labute approximate surface area is 181 Å². The number of hydrogen-bond acceptors (Lipinski definition) is 8. The van der Waals surface area contributed by atoms with E-state index in [0.29, 0.717) is 10.3 Å². The maximum Gasteiger partial charge on any atom is 0.236 e. The number of aryl methyl sites for hydroxylation is 1. The smallest absolute Gasteiger partial charge is 0.236 e. The Hall–Kier alpha value is -3.24. The van der Waals surface area contributed by atoms with Crippen LogP contribution in [0.25, 0.3) is 16.3 Å². The number of hydrogen-bond donors (Lipinski definition) is 1. The Bertz CT molecular complexity index is 1140. The maximum atomic E-state index is 12.4. The standard InChI is InChI=1S/C20H18N6O2S2/c1-13-22-25-20(26(13)15-8-10-16(28-2)11-9-15)29-12-17(27)21-19-24-23-18(30-19)14-6-4-3-5-7-14/h3-11H,12H2,1-2H3,(H,21,24,27). The van der Waals surface area contributed by atoms with Crippen LogP contribution < -0.4 is 10.1 Å². The van der Waals surface area contributed by atoms with Crippen molar-refractivity contribution < 1.29 is 9.53 Å². The molecular formula is C20H18N6O2S2. The second-order valence-electron chi connectivity index (χ2n) is 6.18. The lowest BCUT2D eigenvalue weighted by molar-refractivity contribution is -0.113. The summed E-state index contributed by atoms with van der Waals surface area (Å²) in [4.78, 5) is 12.4. The fourth-order valence-electron chi connectivity index (χ4n) is 2.72. The molecule has 0 fully saturated rings. The lowest BCUT2D eigenvalue weighted by Crippen LogP contribution is -2.14. The monoisotopic (exact) mass is 438 g/mol. The van der Waals surface area contributed by atoms with Gasteiger partial charge in [-0.25, -0.2) is 0 Å². The van der Waals surface area contributed by atoms with Crippen molar-refractivity contribution in [2.75, 3.05) is 18.2 Å². The van der Waals surface area contributed by atoms with Crippen LogP contribution in [0.2, 0.25) is 0 Å². The van der Waals surface area contributed by atoms with Crippen LogP contribution in [0, 0.1) is 6.92 Å². The SMILES string of the molecule is COc1ccc(-n2c(C)nnc2SCC(=O)Nc2nnc(-c3ccccc3)s2)cc1. The lowest BCUT2D eigenvalue weighted by atomic mass is 10.2.